The van der Waals surface area contributed by atoms with Gasteiger partial charge in [0.2, 0.25) is 0 Å². The number of halogens is 1. The molecule has 0 aliphatic rings. The number of nitrogens with two attached hydrogens (primary N) is 1. The lowest BCUT2D eigenvalue weighted by atomic mass is 9.97. The molecule has 1 amide bonds. The third-order valence-electron chi connectivity index (χ3n) is 4.96. The van der Waals surface area contributed by atoms with E-state index in [-0.39, 0.29) is 5.91 Å². The Hall–Kier alpha value is -2.52. The van der Waals surface area contributed by atoms with Crippen LogP contribution >= 0.6 is 11.6 Å². The smallest absolute Gasteiger partial charge is 0.251 e. The minimum absolute atomic E-state index is 0.387. The van der Waals surface area contributed by atoms with E-state index in [2.05, 4.69) is 23.6 Å². The Morgan fingerprint density at radius 2 is 1.74 bits per heavy atom. The zero-order valence-corrected chi connectivity index (χ0v) is 16.6. The molecule has 0 spiro atoms. The number of aromatic nitrogens is 1. The molecule has 1 aromatic heterocycles. The van der Waals surface area contributed by atoms with Gasteiger partial charge >= 0.3 is 0 Å². The molecule has 3 rings (SSSR count). The molecule has 1 heterocycles. The summed E-state index contributed by atoms with van der Waals surface area (Å²) in [5.41, 5.74) is 11.6. The topological polar surface area (TPSA) is 48.0 Å². The Kier molecular flexibility index (Phi) is 6.02. The minimum atomic E-state index is -0.387. The number of amides is 1. The van der Waals surface area contributed by atoms with Crippen molar-refractivity contribution in [1.82, 2.24) is 4.57 Å². The molecule has 2 aromatic carbocycles. The Labute approximate surface area is 165 Å². The van der Waals surface area contributed by atoms with Gasteiger partial charge in [0.05, 0.1) is 5.56 Å². The van der Waals surface area contributed by atoms with Gasteiger partial charge in [-0.05, 0) is 43.0 Å². The van der Waals surface area contributed by atoms with Gasteiger partial charge in [-0.25, -0.2) is 0 Å². The lowest BCUT2D eigenvalue weighted by molar-refractivity contribution is 0.1000. The predicted molar refractivity (Wildman–Crippen MR) is 112 cm³/mol. The number of unbranched alkanes of at least 4 members (excludes halogenated alkanes) is 1. The molecule has 0 aliphatic heterocycles. The van der Waals surface area contributed by atoms with E-state index in [9.17, 15) is 4.79 Å². The van der Waals surface area contributed by atoms with E-state index in [1.807, 2.05) is 49.4 Å². The molecule has 0 bridgehead atoms. The van der Waals surface area contributed by atoms with Crippen molar-refractivity contribution in [2.24, 2.45) is 5.73 Å². The molecular weight excluding hydrogens is 356 g/mol. The van der Waals surface area contributed by atoms with Crippen molar-refractivity contribution in [3.63, 3.8) is 0 Å². The Balaban J connectivity index is 2.21. The molecule has 3 nitrogen and oxygen atoms in total. The van der Waals surface area contributed by atoms with E-state index in [0.29, 0.717) is 10.6 Å². The van der Waals surface area contributed by atoms with Crippen molar-refractivity contribution in [2.45, 2.75) is 39.7 Å². The second-order valence-electron chi connectivity index (χ2n) is 6.83. The maximum Gasteiger partial charge on any atom is 0.251 e. The number of hydrogen-bond donors (Lipinski definition) is 1. The number of nitrogens with zero attached hydrogens (tertiary/aromatic N) is 1. The maximum atomic E-state index is 12.4. The highest BCUT2D eigenvalue weighted by molar-refractivity contribution is 6.30. The molecular formula is C23H25ClN2O. The molecule has 2 N–H and O–H groups in total. The van der Waals surface area contributed by atoms with E-state index in [1.54, 1.807) is 0 Å². The van der Waals surface area contributed by atoms with Crippen molar-refractivity contribution in [1.29, 1.82) is 0 Å². The van der Waals surface area contributed by atoms with Crippen LogP contribution in [0.1, 0.15) is 47.1 Å². The molecule has 0 unspecified atom stereocenters. The predicted octanol–water partition coefficient (Wildman–Crippen LogP) is 5.61. The van der Waals surface area contributed by atoms with Crippen LogP contribution in [0.4, 0.5) is 0 Å². The van der Waals surface area contributed by atoms with Gasteiger partial charge in [0, 0.05) is 28.5 Å². The van der Waals surface area contributed by atoms with Gasteiger partial charge in [0.15, 0.2) is 0 Å². The van der Waals surface area contributed by atoms with Crippen LogP contribution in [0.15, 0.2) is 54.6 Å². The molecule has 0 atom stereocenters. The first-order chi connectivity index (χ1) is 13.0. The highest BCUT2D eigenvalue weighted by Gasteiger charge is 2.24. The van der Waals surface area contributed by atoms with Crippen molar-refractivity contribution in [2.75, 3.05) is 0 Å². The molecule has 0 saturated carbocycles. The second-order valence-corrected chi connectivity index (χ2v) is 7.26. The number of carbonyl (C=O) groups is 1. The summed E-state index contributed by atoms with van der Waals surface area (Å²) in [6.45, 7) is 4.88. The van der Waals surface area contributed by atoms with Gasteiger partial charge in [0.25, 0.3) is 5.91 Å². The summed E-state index contributed by atoms with van der Waals surface area (Å²) in [5.74, 6) is -0.387. The lowest BCUT2D eigenvalue weighted by Gasteiger charge is -2.13. The van der Waals surface area contributed by atoms with Crippen LogP contribution in [-0.2, 0) is 13.0 Å². The van der Waals surface area contributed by atoms with Crippen molar-refractivity contribution >= 4 is 17.5 Å². The number of hydrogen-bond acceptors (Lipinski definition) is 1. The summed E-state index contributed by atoms with van der Waals surface area (Å²) in [7, 11) is 0. The summed E-state index contributed by atoms with van der Waals surface area (Å²) < 4.78 is 2.25. The standard InChI is InChI=1S/C23H25ClN2O/c1-3-4-10-20-22(18-11-13-19(24)14-12-18)21(23(25)27)16(2)26(20)15-17-8-6-5-7-9-17/h5-9,11-14H,3-4,10,15H2,1-2H3,(H2,25,27). The summed E-state index contributed by atoms with van der Waals surface area (Å²) in [6.07, 6.45) is 3.04. The fourth-order valence-electron chi connectivity index (χ4n) is 3.61. The van der Waals surface area contributed by atoms with Gasteiger partial charge < -0.3 is 10.3 Å². The fourth-order valence-corrected chi connectivity index (χ4v) is 3.74. The van der Waals surface area contributed by atoms with E-state index in [4.69, 9.17) is 17.3 Å². The van der Waals surface area contributed by atoms with Crippen LogP contribution < -0.4 is 5.73 Å². The average Bonchev–Trinajstić information content (AvgIpc) is 2.93. The Morgan fingerprint density at radius 1 is 1.07 bits per heavy atom. The Morgan fingerprint density at radius 3 is 2.33 bits per heavy atom. The van der Waals surface area contributed by atoms with Gasteiger partial charge in [0.1, 0.15) is 0 Å². The van der Waals surface area contributed by atoms with E-state index in [0.717, 1.165) is 48.3 Å². The van der Waals surface area contributed by atoms with Gasteiger partial charge in [-0.3, -0.25) is 4.79 Å². The molecule has 0 radical (unpaired) electrons. The van der Waals surface area contributed by atoms with E-state index >= 15 is 0 Å². The van der Waals surface area contributed by atoms with Crippen LogP contribution in [0, 0.1) is 6.92 Å². The van der Waals surface area contributed by atoms with Gasteiger partial charge in [-0.15, -0.1) is 0 Å². The van der Waals surface area contributed by atoms with Gasteiger partial charge in [-0.1, -0.05) is 67.4 Å². The summed E-state index contributed by atoms with van der Waals surface area (Å²) >= 11 is 6.07. The third-order valence-corrected chi connectivity index (χ3v) is 5.21. The normalized spacial score (nSPS) is 10.9. The first-order valence-electron chi connectivity index (χ1n) is 9.34. The summed E-state index contributed by atoms with van der Waals surface area (Å²) in [6, 6.07) is 17.9. The largest absolute Gasteiger partial charge is 0.366 e. The van der Waals surface area contributed by atoms with Crippen molar-refractivity contribution in [3.8, 4) is 11.1 Å². The summed E-state index contributed by atoms with van der Waals surface area (Å²) in [5, 5.41) is 0.676. The first-order valence-corrected chi connectivity index (χ1v) is 9.72. The lowest BCUT2D eigenvalue weighted by Crippen LogP contribution is -2.13. The molecule has 27 heavy (non-hydrogen) atoms. The van der Waals surface area contributed by atoms with Crippen molar-refractivity contribution in [3.05, 3.63) is 82.1 Å². The monoisotopic (exact) mass is 380 g/mol. The van der Waals surface area contributed by atoms with Crippen LogP contribution in [0.5, 0.6) is 0 Å². The molecule has 140 valence electrons. The minimum Gasteiger partial charge on any atom is -0.366 e. The highest BCUT2D eigenvalue weighted by Crippen LogP contribution is 2.35. The maximum absolute atomic E-state index is 12.4. The van der Waals surface area contributed by atoms with Crippen LogP contribution in [0.3, 0.4) is 0 Å². The zero-order valence-electron chi connectivity index (χ0n) is 15.8. The third kappa shape index (κ3) is 4.09. The number of benzene rings is 2. The molecule has 0 fully saturated rings. The van der Waals surface area contributed by atoms with Crippen LogP contribution in [0.2, 0.25) is 5.02 Å². The molecule has 4 heteroatoms. The van der Waals surface area contributed by atoms with Gasteiger partial charge in [-0.2, -0.15) is 0 Å². The molecule has 0 aliphatic carbocycles. The molecule has 3 aromatic rings. The number of primary amides is 1. The average molecular weight is 381 g/mol. The van der Waals surface area contributed by atoms with Crippen LogP contribution in [0.25, 0.3) is 11.1 Å². The first kappa shape index (κ1) is 19.2. The summed E-state index contributed by atoms with van der Waals surface area (Å²) in [4.78, 5) is 12.4. The van der Waals surface area contributed by atoms with E-state index in [1.165, 1.54) is 5.56 Å². The highest BCUT2D eigenvalue weighted by atomic mass is 35.5. The molecule has 0 saturated heterocycles. The zero-order chi connectivity index (χ0) is 19.4. The number of carbonyl (C=O) groups excluding carboxylic acids is 1. The quantitative estimate of drug-likeness (QED) is 0.569. The number of rotatable bonds is 7. The van der Waals surface area contributed by atoms with Crippen molar-refractivity contribution < 1.29 is 4.79 Å². The second kappa shape index (κ2) is 8.45. The SMILES string of the molecule is CCCCc1c(-c2ccc(Cl)cc2)c(C(N)=O)c(C)n1Cc1ccccc1. The van der Waals surface area contributed by atoms with Crippen LogP contribution in [-0.4, -0.2) is 10.5 Å². The Bertz CT molecular complexity index is 927. The van der Waals surface area contributed by atoms with E-state index < -0.39 is 0 Å². The fraction of sp³-hybridized carbons (Fsp3) is 0.261.